The van der Waals surface area contributed by atoms with E-state index in [-0.39, 0.29) is 5.82 Å². The van der Waals surface area contributed by atoms with Gasteiger partial charge in [0.25, 0.3) is 0 Å². The SMILES string of the molecule is CCOC(=O)/C(I)=C/C(Br)=C(/N)NN. The molecule has 0 aromatic rings. The van der Waals surface area contributed by atoms with Crippen LogP contribution in [0, 0.1) is 0 Å². The average Bonchev–Trinajstić information content (AvgIpc) is 2.16. The average molecular weight is 376 g/mol. The van der Waals surface area contributed by atoms with Crippen molar-refractivity contribution < 1.29 is 9.53 Å². The Balaban J connectivity index is 4.59. The van der Waals surface area contributed by atoms with Crippen molar-refractivity contribution in [1.29, 1.82) is 0 Å². The van der Waals surface area contributed by atoms with Gasteiger partial charge in [-0.3, -0.25) is 0 Å². The van der Waals surface area contributed by atoms with Gasteiger partial charge in [-0.25, -0.2) is 10.6 Å². The van der Waals surface area contributed by atoms with Crippen LogP contribution in [0.4, 0.5) is 0 Å². The lowest BCUT2D eigenvalue weighted by Gasteiger charge is -2.02. The molecule has 0 saturated carbocycles. The van der Waals surface area contributed by atoms with Crippen molar-refractivity contribution >= 4 is 44.5 Å². The van der Waals surface area contributed by atoms with Crippen molar-refractivity contribution in [2.45, 2.75) is 6.92 Å². The zero-order valence-corrected chi connectivity index (χ0v) is 11.3. The number of hydrogen-bond acceptors (Lipinski definition) is 5. The fraction of sp³-hybridized carbons (Fsp3) is 0.286. The standard InChI is InChI=1S/C7H11BrIN3O2/c1-2-14-7(13)5(9)3-4(8)6(10)12-11/h3,12H,2,10-11H2,1H3/b5-3-,6-4+. The summed E-state index contributed by atoms with van der Waals surface area (Å²) in [7, 11) is 0. The Morgan fingerprint density at radius 3 is 2.71 bits per heavy atom. The molecule has 0 aromatic carbocycles. The van der Waals surface area contributed by atoms with Gasteiger partial charge in [0.2, 0.25) is 0 Å². The van der Waals surface area contributed by atoms with Crippen LogP contribution in [0.15, 0.2) is 20.0 Å². The molecule has 80 valence electrons. The highest BCUT2D eigenvalue weighted by molar-refractivity contribution is 14.1. The summed E-state index contributed by atoms with van der Waals surface area (Å²) in [5.41, 5.74) is 7.69. The molecule has 0 unspecified atom stereocenters. The number of ether oxygens (including phenoxy) is 1. The number of hydrazine groups is 1. The van der Waals surface area contributed by atoms with E-state index in [0.29, 0.717) is 14.7 Å². The maximum Gasteiger partial charge on any atom is 0.344 e. The normalized spacial score (nSPS) is 13.3. The molecule has 0 spiro atoms. The highest BCUT2D eigenvalue weighted by Crippen LogP contribution is 2.16. The van der Waals surface area contributed by atoms with Gasteiger partial charge in [0, 0.05) is 0 Å². The van der Waals surface area contributed by atoms with Gasteiger partial charge < -0.3 is 15.9 Å². The minimum absolute atomic E-state index is 0.239. The summed E-state index contributed by atoms with van der Waals surface area (Å²) >= 11 is 5.00. The fourth-order valence-corrected chi connectivity index (χ4v) is 1.76. The molecule has 0 atom stereocenters. The van der Waals surface area contributed by atoms with Gasteiger partial charge in [-0.05, 0) is 51.5 Å². The van der Waals surface area contributed by atoms with Gasteiger partial charge in [0.15, 0.2) is 0 Å². The highest BCUT2D eigenvalue weighted by Gasteiger charge is 2.07. The van der Waals surface area contributed by atoms with E-state index in [1.807, 2.05) is 22.6 Å². The summed E-state index contributed by atoms with van der Waals surface area (Å²) < 4.78 is 5.68. The van der Waals surface area contributed by atoms with Gasteiger partial charge >= 0.3 is 5.97 Å². The zero-order chi connectivity index (χ0) is 11.1. The first-order valence-corrected chi connectivity index (χ1v) is 5.56. The Morgan fingerprint density at radius 2 is 2.29 bits per heavy atom. The van der Waals surface area contributed by atoms with E-state index in [0.717, 1.165) is 0 Å². The first-order chi connectivity index (χ1) is 6.52. The van der Waals surface area contributed by atoms with Crippen molar-refractivity contribution in [3.05, 3.63) is 20.0 Å². The molecular weight excluding hydrogens is 365 g/mol. The summed E-state index contributed by atoms with van der Waals surface area (Å²) in [4.78, 5) is 11.2. The van der Waals surface area contributed by atoms with E-state index < -0.39 is 5.97 Å². The van der Waals surface area contributed by atoms with Gasteiger partial charge in [-0.15, -0.1) is 0 Å². The molecule has 0 aliphatic carbocycles. The largest absolute Gasteiger partial charge is 0.462 e. The van der Waals surface area contributed by atoms with Crippen LogP contribution in [-0.2, 0) is 9.53 Å². The van der Waals surface area contributed by atoms with E-state index in [1.54, 1.807) is 6.92 Å². The lowest BCUT2D eigenvalue weighted by molar-refractivity contribution is -0.137. The van der Waals surface area contributed by atoms with Crippen molar-refractivity contribution in [1.82, 2.24) is 5.43 Å². The molecule has 0 aliphatic rings. The number of hydrogen-bond donors (Lipinski definition) is 3. The number of halogens is 2. The van der Waals surface area contributed by atoms with Crippen molar-refractivity contribution in [2.75, 3.05) is 6.61 Å². The van der Waals surface area contributed by atoms with E-state index in [2.05, 4.69) is 21.4 Å². The third-order valence-corrected chi connectivity index (χ3v) is 2.54. The highest BCUT2D eigenvalue weighted by atomic mass is 127. The van der Waals surface area contributed by atoms with Crippen LogP contribution < -0.4 is 17.0 Å². The maximum atomic E-state index is 11.2. The second-order valence-corrected chi connectivity index (χ2v) is 4.14. The number of nitrogens with two attached hydrogens (primary N) is 2. The molecule has 5 N–H and O–H groups in total. The third-order valence-electron chi connectivity index (χ3n) is 1.14. The van der Waals surface area contributed by atoms with Crippen LogP contribution in [0.2, 0.25) is 0 Å². The van der Waals surface area contributed by atoms with Crippen LogP contribution >= 0.6 is 38.5 Å². The van der Waals surface area contributed by atoms with Crippen molar-refractivity contribution in [3.8, 4) is 0 Å². The van der Waals surface area contributed by atoms with Gasteiger partial charge in [-0.2, -0.15) is 0 Å². The zero-order valence-electron chi connectivity index (χ0n) is 7.51. The van der Waals surface area contributed by atoms with Crippen LogP contribution in [0.1, 0.15) is 6.92 Å². The molecule has 0 saturated heterocycles. The summed E-state index contributed by atoms with van der Waals surface area (Å²) in [6, 6.07) is 0. The summed E-state index contributed by atoms with van der Waals surface area (Å²) in [6.45, 7) is 2.08. The molecule has 0 aliphatic heterocycles. The third kappa shape index (κ3) is 4.82. The molecule has 7 heteroatoms. The Kier molecular flexibility index (Phi) is 6.93. The number of carbonyl (C=O) groups is 1. The lowest BCUT2D eigenvalue weighted by atomic mass is 10.4. The van der Waals surface area contributed by atoms with Crippen LogP contribution in [0.25, 0.3) is 0 Å². The Labute approximate surface area is 104 Å². The van der Waals surface area contributed by atoms with E-state index in [9.17, 15) is 4.79 Å². The quantitative estimate of drug-likeness (QED) is 0.169. The Hall–Kier alpha value is -0.280. The van der Waals surface area contributed by atoms with Crippen molar-refractivity contribution in [3.63, 3.8) is 0 Å². The van der Waals surface area contributed by atoms with Crippen LogP contribution in [0.3, 0.4) is 0 Å². The maximum absolute atomic E-state index is 11.2. The smallest absolute Gasteiger partial charge is 0.344 e. The van der Waals surface area contributed by atoms with Crippen LogP contribution in [0.5, 0.6) is 0 Å². The fourth-order valence-electron chi connectivity index (χ4n) is 0.517. The van der Waals surface area contributed by atoms with Crippen molar-refractivity contribution in [2.24, 2.45) is 11.6 Å². The summed E-state index contributed by atoms with van der Waals surface area (Å²) in [5, 5.41) is 0. The molecule has 0 heterocycles. The molecule has 0 fully saturated rings. The van der Waals surface area contributed by atoms with Crippen LogP contribution in [-0.4, -0.2) is 12.6 Å². The first kappa shape index (κ1) is 13.7. The number of allylic oxidation sites excluding steroid dienone is 2. The van der Waals surface area contributed by atoms with E-state index in [4.69, 9.17) is 16.3 Å². The second kappa shape index (κ2) is 7.07. The monoisotopic (exact) mass is 375 g/mol. The molecule has 0 amide bonds. The van der Waals surface area contributed by atoms with E-state index >= 15 is 0 Å². The minimum atomic E-state index is -0.394. The number of rotatable bonds is 4. The molecular formula is C7H11BrIN3O2. The molecule has 14 heavy (non-hydrogen) atoms. The Morgan fingerprint density at radius 1 is 1.71 bits per heavy atom. The molecule has 5 nitrogen and oxygen atoms in total. The summed E-state index contributed by atoms with van der Waals surface area (Å²) in [5.74, 6) is 4.92. The predicted molar refractivity (Wildman–Crippen MR) is 66.2 cm³/mol. The molecule has 0 rings (SSSR count). The predicted octanol–water partition coefficient (Wildman–Crippen LogP) is 0.854. The van der Waals surface area contributed by atoms with Gasteiger partial charge in [0.1, 0.15) is 5.82 Å². The summed E-state index contributed by atoms with van der Waals surface area (Å²) in [6.07, 6.45) is 1.52. The van der Waals surface area contributed by atoms with E-state index in [1.165, 1.54) is 6.08 Å². The second-order valence-electron chi connectivity index (χ2n) is 2.12. The topological polar surface area (TPSA) is 90.4 Å². The molecule has 0 aromatic heterocycles. The number of nitrogens with one attached hydrogen (secondary N) is 1. The first-order valence-electron chi connectivity index (χ1n) is 3.69. The lowest BCUT2D eigenvalue weighted by Crippen LogP contribution is -2.27. The molecule has 0 radical (unpaired) electrons. The minimum Gasteiger partial charge on any atom is -0.462 e. The molecule has 0 bridgehead atoms. The van der Waals surface area contributed by atoms with Gasteiger partial charge in [0.05, 0.1) is 14.7 Å². The number of carbonyl (C=O) groups excluding carboxylic acids is 1. The Bertz CT molecular complexity index is 278. The number of esters is 1. The van der Waals surface area contributed by atoms with Gasteiger partial charge in [-0.1, -0.05) is 0 Å².